The Kier molecular flexibility index (Phi) is 5.77. The lowest BCUT2D eigenvalue weighted by Crippen LogP contribution is -2.31. The predicted molar refractivity (Wildman–Crippen MR) is 87.2 cm³/mol. The number of carbonyl (C=O) groups is 2. The SMILES string of the molecule is CC(=O)N(CCC(=O)Nc1ccc(Br)cc1)Cc1ccco1. The van der Waals surface area contributed by atoms with Crippen LogP contribution in [0.5, 0.6) is 0 Å². The van der Waals surface area contributed by atoms with Crippen molar-refractivity contribution in [1.82, 2.24) is 4.90 Å². The lowest BCUT2D eigenvalue weighted by molar-refractivity contribution is -0.130. The van der Waals surface area contributed by atoms with Crippen molar-refractivity contribution in [2.75, 3.05) is 11.9 Å². The molecule has 0 aliphatic carbocycles. The first-order valence-corrected chi connectivity index (χ1v) is 7.67. The minimum Gasteiger partial charge on any atom is -0.467 e. The van der Waals surface area contributed by atoms with E-state index in [-0.39, 0.29) is 18.2 Å². The molecule has 5 nitrogen and oxygen atoms in total. The molecule has 2 rings (SSSR count). The van der Waals surface area contributed by atoms with E-state index in [0.29, 0.717) is 18.8 Å². The maximum Gasteiger partial charge on any atom is 0.226 e. The summed E-state index contributed by atoms with van der Waals surface area (Å²) in [6.07, 6.45) is 1.80. The Bertz CT molecular complexity index is 623. The third-order valence-corrected chi connectivity index (χ3v) is 3.64. The van der Waals surface area contributed by atoms with E-state index < -0.39 is 0 Å². The van der Waals surface area contributed by atoms with Gasteiger partial charge in [0.05, 0.1) is 12.8 Å². The van der Waals surface area contributed by atoms with Gasteiger partial charge in [0, 0.05) is 30.0 Å². The van der Waals surface area contributed by atoms with Crippen LogP contribution in [0.1, 0.15) is 19.1 Å². The second-order valence-corrected chi connectivity index (χ2v) is 5.74. The Morgan fingerprint density at radius 1 is 1.23 bits per heavy atom. The average molecular weight is 365 g/mol. The lowest BCUT2D eigenvalue weighted by Gasteiger charge is -2.19. The largest absolute Gasteiger partial charge is 0.467 e. The van der Waals surface area contributed by atoms with Crippen molar-refractivity contribution in [1.29, 1.82) is 0 Å². The number of rotatable bonds is 6. The summed E-state index contributed by atoms with van der Waals surface area (Å²) in [7, 11) is 0. The Hall–Kier alpha value is -2.08. The number of hydrogen-bond donors (Lipinski definition) is 1. The summed E-state index contributed by atoms with van der Waals surface area (Å²) in [5.74, 6) is 0.476. The summed E-state index contributed by atoms with van der Waals surface area (Å²) in [4.78, 5) is 25.2. The molecule has 1 aromatic carbocycles. The molecular formula is C16H17BrN2O3. The molecular weight excluding hydrogens is 348 g/mol. The minimum absolute atomic E-state index is 0.0900. The number of furan rings is 1. The molecule has 22 heavy (non-hydrogen) atoms. The van der Waals surface area contributed by atoms with E-state index in [1.54, 1.807) is 23.3 Å². The third-order valence-electron chi connectivity index (χ3n) is 3.11. The molecule has 2 amide bonds. The van der Waals surface area contributed by atoms with Gasteiger partial charge in [0.2, 0.25) is 11.8 Å². The van der Waals surface area contributed by atoms with Crippen LogP contribution in [0.4, 0.5) is 5.69 Å². The highest BCUT2D eigenvalue weighted by molar-refractivity contribution is 9.10. The maximum absolute atomic E-state index is 11.9. The summed E-state index contributed by atoms with van der Waals surface area (Å²) in [5, 5.41) is 2.80. The number of nitrogens with zero attached hydrogens (tertiary/aromatic N) is 1. The minimum atomic E-state index is -0.131. The number of hydrogen-bond acceptors (Lipinski definition) is 3. The third kappa shape index (κ3) is 5.04. The zero-order valence-electron chi connectivity index (χ0n) is 12.2. The molecule has 6 heteroatoms. The predicted octanol–water partition coefficient (Wildman–Crippen LogP) is 3.42. The molecule has 1 aromatic heterocycles. The summed E-state index contributed by atoms with van der Waals surface area (Å²) in [5.41, 5.74) is 0.730. The fourth-order valence-corrected chi connectivity index (χ4v) is 2.20. The number of halogens is 1. The second kappa shape index (κ2) is 7.79. The van der Waals surface area contributed by atoms with Gasteiger partial charge >= 0.3 is 0 Å². The van der Waals surface area contributed by atoms with E-state index in [4.69, 9.17) is 4.42 Å². The number of amides is 2. The number of nitrogens with one attached hydrogen (secondary N) is 1. The highest BCUT2D eigenvalue weighted by Crippen LogP contribution is 2.14. The number of carbonyl (C=O) groups excluding carboxylic acids is 2. The quantitative estimate of drug-likeness (QED) is 0.853. The highest BCUT2D eigenvalue weighted by atomic mass is 79.9. The zero-order valence-corrected chi connectivity index (χ0v) is 13.8. The molecule has 0 aliphatic rings. The van der Waals surface area contributed by atoms with Crippen molar-refractivity contribution in [3.63, 3.8) is 0 Å². The van der Waals surface area contributed by atoms with Crippen molar-refractivity contribution >= 4 is 33.4 Å². The fourth-order valence-electron chi connectivity index (χ4n) is 1.93. The van der Waals surface area contributed by atoms with Gasteiger partial charge in [0.25, 0.3) is 0 Å². The van der Waals surface area contributed by atoms with E-state index in [2.05, 4.69) is 21.2 Å². The first-order valence-electron chi connectivity index (χ1n) is 6.88. The molecule has 116 valence electrons. The lowest BCUT2D eigenvalue weighted by atomic mass is 10.3. The van der Waals surface area contributed by atoms with Crippen molar-refractivity contribution in [3.8, 4) is 0 Å². The van der Waals surface area contributed by atoms with Gasteiger partial charge in [-0.15, -0.1) is 0 Å². The molecule has 0 atom stereocenters. The van der Waals surface area contributed by atoms with Crippen LogP contribution in [0.25, 0.3) is 0 Å². The number of benzene rings is 1. The molecule has 0 aliphatic heterocycles. The van der Waals surface area contributed by atoms with Gasteiger partial charge in [-0.1, -0.05) is 15.9 Å². The highest BCUT2D eigenvalue weighted by Gasteiger charge is 2.13. The second-order valence-electron chi connectivity index (χ2n) is 4.83. The van der Waals surface area contributed by atoms with Crippen LogP contribution in [0, 0.1) is 0 Å². The van der Waals surface area contributed by atoms with E-state index in [9.17, 15) is 9.59 Å². The summed E-state index contributed by atoms with van der Waals surface area (Å²) >= 11 is 3.34. The Balaban J connectivity index is 1.84. The monoisotopic (exact) mass is 364 g/mol. The molecule has 0 saturated heterocycles. The Morgan fingerprint density at radius 3 is 2.55 bits per heavy atom. The zero-order chi connectivity index (χ0) is 15.9. The van der Waals surface area contributed by atoms with Crippen LogP contribution >= 0.6 is 15.9 Å². The molecule has 0 spiro atoms. The summed E-state index contributed by atoms with van der Waals surface area (Å²) in [6, 6.07) is 10.9. The van der Waals surface area contributed by atoms with Crippen LogP contribution in [-0.2, 0) is 16.1 Å². The van der Waals surface area contributed by atoms with E-state index >= 15 is 0 Å². The molecule has 0 unspecified atom stereocenters. The fraction of sp³-hybridized carbons (Fsp3) is 0.250. The van der Waals surface area contributed by atoms with E-state index in [1.807, 2.05) is 24.3 Å². The molecule has 0 fully saturated rings. The molecule has 0 bridgehead atoms. The van der Waals surface area contributed by atoms with Crippen LogP contribution in [0.2, 0.25) is 0 Å². The van der Waals surface area contributed by atoms with Crippen LogP contribution < -0.4 is 5.32 Å². The topological polar surface area (TPSA) is 62.6 Å². The van der Waals surface area contributed by atoms with Crippen LogP contribution in [-0.4, -0.2) is 23.3 Å². The van der Waals surface area contributed by atoms with Crippen molar-refractivity contribution in [2.24, 2.45) is 0 Å². The normalized spacial score (nSPS) is 10.3. The van der Waals surface area contributed by atoms with Gasteiger partial charge < -0.3 is 14.6 Å². The smallest absolute Gasteiger partial charge is 0.226 e. The van der Waals surface area contributed by atoms with Crippen LogP contribution in [0.15, 0.2) is 51.6 Å². The summed E-state index contributed by atoms with van der Waals surface area (Å²) < 4.78 is 6.18. The van der Waals surface area contributed by atoms with Gasteiger partial charge in [-0.25, -0.2) is 0 Å². The Labute approximate surface area is 137 Å². The average Bonchev–Trinajstić information content (AvgIpc) is 2.98. The standard InChI is InChI=1S/C16H17BrN2O3/c1-12(20)19(11-15-3-2-10-22-15)9-8-16(21)18-14-6-4-13(17)5-7-14/h2-7,10H,8-9,11H2,1H3,(H,18,21). The van der Waals surface area contributed by atoms with Gasteiger partial charge in [-0.2, -0.15) is 0 Å². The van der Waals surface area contributed by atoms with Crippen molar-refractivity contribution in [3.05, 3.63) is 52.9 Å². The Morgan fingerprint density at radius 2 is 1.95 bits per heavy atom. The van der Waals surface area contributed by atoms with Crippen LogP contribution in [0.3, 0.4) is 0 Å². The van der Waals surface area contributed by atoms with Gasteiger partial charge in [-0.05, 0) is 36.4 Å². The molecule has 2 aromatic rings. The molecule has 1 heterocycles. The summed E-state index contributed by atoms with van der Waals surface area (Å²) in [6.45, 7) is 2.20. The maximum atomic E-state index is 11.9. The van der Waals surface area contributed by atoms with Gasteiger partial charge in [-0.3, -0.25) is 9.59 Å². The van der Waals surface area contributed by atoms with Crippen molar-refractivity contribution < 1.29 is 14.0 Å². The van der Waals surface area contributed by atoms with E-state index in [0.717, 1.165) is 10.2 Å². The molecule has 0 saturated carbocycles. The van der Waals surface area contributed by atoms with Crippen molar-refractivity contribution in [2.45, 2.75) is 19.9 Å². The van der Waals surface area contributed by atoms with Gasteiger partial charge in [0.1, 0.15) is 5.76 Å². The van der Waals surface area contributed by atoms with Gasteiger partial charge in [0.15, 0.2) is 0 Å². The first kappa shape index (κ1) is 16.3. The molecule has 1 N–H and O–H groups in total. The number of anilines is 1. The first-order chi connectivity index (χ1) is 10.5. The molecule has 0 radical (unpaired) electrons. The van der Waals surface area contributed by atoms with E-state index in [1.165, 1.54) is 6.92 Å².